The van der Waals surface area contributed by atoms with E-state index < -0.39 is 97.5 Å². The predicted octanol–water partition coefficient (Wildman–Crippen LogP) is 24.0. The first kappa shape index (κ1) is 98.1. The summed E-state index contributed by atoms with van der Waals surface area (Å²) < 4.78 is 68.7. The zero-order valence-corrected chi connectivity index (χ0v) is 67.6. The average Bonchev–Trinajstić information content (AvgIpc) is 0.938. The molecule has 0 aromatic rings. The van der Waals surface area contributed by atoms with Gasteiger partial charge in [-0.15, -0.1) is 0 Å². The smallest absolute Gasteiger partial charge is 0.462 e. The lowest BCUT2D eigenvalue weighted by Crippen LogP contribution is -2.30. The fourth-order valence-electron chi connectivity index (χ4n) is 12.4. The number of rotatable bonds is 78. The summed E-state index contributed by atoms with van der Waals surface area (Å²) >= 11 is 0. The lowest BCUT2D eigenvalue weighted by molar-refractivity contribution is -0.161. The van der Waals surface area contributed by atoms with Crippen molar-refractivity contribution >= 4 is 39.5 Å². The highest BCUT2D eigenvalue weighted by molar-refractivity contribution is 7.47. The minimum atomic E-state index is -4.96. The molecule has 0 aliphatic carbocycles. The molecule has 2 unspecified atom stereocenters. The largest absolute Gasteiger partial charge is 0.472 e. The molecular formula is C81H158O17P2. The maximum absolute atomic E-state index is 13.1. The monoisotopic (exact) mass is 1470 g/mol. The third-order valence-electron chi connectivity index (χ3n) is 18.8. The zero-order valence-electron chi connectivity index (χ0n) is 65.8. The summed E-state index contributed by atoms with van der Waals surface area (Å²) in [5.74, 6) is 0.948. The molecule has 17 nitrogen and oxygen atoms in total. The molecule has 3 N–H and O–H groups in total. The topological polar surface area (TPSA) is 237 Å². The molecule has 0 aliphatic heterocycles. The van der Waals surface area contributed by atoms with Crippen LogP contribution in [0.2, 0.25) is 0 Å². The van der Waals surface area contributed by atoms with Crippen LogP contribution in [-0.2, 0) is 65.4 Å². The maximum Gasteiger partial charge on any atom is 0.472 e. The minimum Gasteiger partial charge on any atom is -0.462 e. The van der Waals surface area contributed by atoms with Crippen molar-refractivity contribution in [2.24, 2.45) is 23.7 Å². The first-order valence-electron chi connectivity index (χ1n) is 41.7. The zero-order chi connectivity index (χ0) is 73.8. The van der Waals surface area contributed by atoms with Crippen molar-refractivity contribution in [1.29, 1.82) is 0 Å². The first-order chi connectivity index (χ1) is 48.1. The van der Waals surface area contributed by atoms with E-state index in [1.807, 2.05) is 0 Å². The fourth-order valence-corrected chi connectivity index (χ4v) is 14.0. The number of carbonyl (C=O) groups excluding carboxylic acids is 4. The Morgan fingerprint density at radius 3 is 0.620 bits per heavy atom. The molecule has 0 fully saturated rings. The van der Waals surface area contributed by atoms with Gasteiger partial charge < -0.3 is 33.8 Å². The minimum absolute atomic E-state index is 0.106. The summed E-state index contributed by atoms with van der Waals surface area (Å²) in [5.41, 5.74) is 0. The van der Waals surface area contributed by atoms with Gasteiger partial charge in [0.25, 0.3) is 0 Å². The van der Waals surface area contributed by atoms with Crippen molar-refractivity contribution < 1.29 is 80.2 Å². The highest BCUT2D eigenvalue weighted by Crippen LogP contribution is 2.45. The van der Waals surface area contributed by atoms with Crippen LogP contribution >= 0.6 is 15.6 Å². The van der Waals surface area contributed by atoms with Gasteiger partial charge in [0.15, 0.2) is 12.2 Å². The van der Waals surface area contributed by atoms with Crippen LogP contribution in [-0.4, -0.2) is 96.7 Å². The van der Waals surface area contributed by atoms with Gasteiger partial charge in [-0.1, -0.05) is 364 Å². The molecule has 0 amide bonds. The van der Waals surface area contributed by atoms with Crippen LogP contribution in [0.3, 0.4) is 0 Å². The second-order valence-electron chi connectivity index (χ2n) is 31.1. The SMILES string of the molecule is CC(C)CCCCCCCCCCCCCCCCCCC(=O)OC[C@H](COP(=O)(O)OC[C@@H](O)COP(=O)(O)OC[C@@H](COC(=O)CCCCCCCCC(C)C)OC(=O)CCCCCCCCCCCCCCC(C)C)OC(=O)CCCCCCCCCCCCCCCCC(C)C. The summed E-state index contributed by atoms with van der Waals surface area (Å²) in [6, 6.07) is 0. The Hall–Kier alpha value is -1.94. The molecule has 0 bridgehead atoms. The molecule has 19 heteroatoms. The van der Waals surface area contributed by atoms with E-state index in [0.29, 0.717) is 31.6 Å². The highest BCUT2D eigenvalue weighted by Gasteiger charge is 2.30. The average molecular weight is 1470 g/mol. The second kappa shape index (κ2) is 70.1. The number of ether oxygens (including phenoxy) is 4. The number of hydrogen-bond donors (Lipinski definition) is 3. The standard InChI is InChI=1S/C81H158O17P2/c1-71(2)57-49-41-33-27-21-15-11-9-10-12-17-24-30-36-45-53-61-78(83)91-67-76(97-80(85)63-55-47-37-31-25-18-14-13-16-22-28-34-42-50-58-72(3)4)69-95-99(87,88)93-65-75(82)66-94-100(89,90)96-70-77(68-92-79(84)62-54-46-40-39-44-52-60-74(7)8)98-81(86)64-56-48-38-32-26-20-19-23-29-35-43-51-59-73(5)6/h71-77,82H,9-70H2,1-8H3,(H,87,88)(H,89,90)/t75-,76-,77-/m1/s1. The van der Waals surface area contributed by atoms with E-state index in [-0.39, 0.29) is 25.7 Å². The van der Waals surface area contributed by atoms with Gasteiger partial charge in [0.1, 0.15) is 19.3 Å². The maximum atomic E-state index is 13.1. The number of hydrogen-bond acceptors (Lipinski definition) is 15. The molecule has 5 atom stereocenters. The lowest BCUT2D eigenvalue weighted by Gasteiger charge is -2.21. The van der Waals surface area contributed by atoms with Crippen LogP contribution in [0.4, 0.5) is 0 Å². The predicted molar refractivity (Wildman–Crippen MR) is 409 cm³/mol. The molecule has 0 aliphatic rings. The van der Waals surface area contributed by atoms with Crippen molar-refractivity contribution in [2.45, 2.75) is 433 Å². The second-order valence-corrected chi connectivity index (χ2v) is 34.0. The van der Waals surface area contributed by atoms with Gasteiger partial charge in [-0.3, -0.25) is 37.3 Å². The van der Waals surface area contributed by atoms with E-state index in [2.05, 4.69) is 55.4 Å². The van der Waals surface area contributed by atoms with Crippen LogP contribution in [0.5, 0.6) is 0 Å². The Labute approximate surface area is 613 Å². The summed E-state index contributed by atoms with van der Waals surface area (Å²) in [6.07, 6.45) is 57.1. The van der Waals surface area contributed by atoms with Gasteiger partial charge in [0, 0.05) is 25.7 Å². The molecule has 0 radical (unpaired) electrons. The van der Waals surface area contributed by atoms with Gasteiger partial charge in [0.2, 0.25) is 0 Å². The van der Waals surface area contributed by atoms with Crippen LogP contribution in [0, 0.1) is 23.7 Å². The van der Waals surface area contributed by atoms with Crippen molar-refractivity contribution in [3.8, 4) is 0 Å². The van der Waals surface area contributed by atoms with E-state index in [1.165, 1.54) is 212 Å². The van der Waals surface area contributed by atoms with Crippen LogP contribution in [0.25, 0.3) is 0 Å². The van der Waals surface area contributed by atoms with Crippen molar-refractivity contribution in [3.63, 3.8) is 0 Å². The number of aliphatic hydroxyl groups is 1. The van der Waals surface area contributed by atoms with Crippen molar-refractivity contribution in [1.82, 2.24) is 0 Å². The first-order valence-corrected chi connectivity index (χ1v) is 44.7. The summed E-state index contributed by atoms with van der Waals surface area (Å²) in [6.45, 7) is 14.2. The Balaban J connectivity index is 5.23. The van der Waals surface area contributed by atoms with E-state index in [9.17, 15) is 43.2 Å². The molecule has 0 aromatic heterocycles. The van der Waals surface area contributed by atoms with Gasteiger partial charge >= 0.3 is 39.5 Å². The molecule has 0 saturated carbocycles. The number of unbranched alkanes of at least 4 members (excludes halogenated alkanes) is 44. The summed E-state index contributed by atoms with van der Waals surface area (Å²) in [4.78, 5) is 73.0. The molecule has 100 heavy (non-hydrogen) atoms. The number of phosphoric ester groups is 2. The molecular weight excluding hydrogens is 1310 g/mol. The Morgan fingerprint density at radius 2 is 0.420 bits per heavy atom. The molecule has 594 valence electrons. The van der Waals surface area contributed by atoms with E-state index >= 15 is 0 Å². The fraction of sp³-hybridized carbons (Fsp3) is 0.951. The van der Waals surface area contributed by atoms with Crippen LogP contribution in [0.1, 0.15) is 415 Å². The summed E-state index contributed by atoms with van der Waals surface area (Å²) in [5, 5.41) is 10.6. The molecule has 0 rings (SSSR count). The number of esters is 4. The highest BCUT2D eigenvalue weighted by atomic mass is 31.2. The van der Waals surface area contributed by atoms with E-state index in [0.717, 1.165) is 114 Å². The third kappa shape index (κ3) is 74.3. The number of phosphoric acid groups is 2. The van der Waals surface area contributed by atoms with Crippen molar-refractivity contribution in [3.05, 3.63) is 0 Å². The Kier molecular flexibility index (Phi) is 68.7. The van der Waals surface area contributed by atoms with Crippen molar-refractivity contribution in [2.75, 3.05) is 39.6 Å². The van der Waals surface area contributed by atoms with Gasteiger partial charge in [-0.05, 0) is 49.4 Å². The van der Waals surface area contributed by atoms with Crippen LogP contribution < -0.4 is 0 Å². The molecule has 0 heterocycles. The number of carbonyl (C=O) groups is 4. The van der Waals surface area contributed by atoms with Gasteiger partial charge in [-0.25, -0.2) is 9.13 Å². The molecule has 0 aromatic carbocycles. The molecule has 0 spiro atoms. The van der Waals surface area contributed by atoms with Crippen LogP contribution in [0.15, 0.2) is 0 Å². The quantitative estimate of drug-likeness (QED) is 0.0222. The van der Waals surface area contributed by atoms with E-state index in [4.69, 9.17) is 37.0 Å². The van der Waals surface area contributed by atoms with Gasteiger partial charge in [-0.2, -0.15) is 0 Å². The molecule has 0 saturated heterocycles. The lowest BCUT2D eigenvalue weighted by atomic mass is 10.0. The van der Waals surface area contributed by atoms with Gasteiger partial charge in [0.05, 0.1) is 26.4 Å². The normalized spacial score (nSPS) is 14.0. The Morgan fingerprint density at radius 1 is 0.250 bits per heavy atom. The Bertz CT molecular complexity index is 1950. The third-order valence-corrected chi connectivity index (χ3v) is 20.7. The summed E-state index contributed by atoms with van der Waals surface area (Å²) in [7, 11) is -9.92. The number of aliphatic hydroxyl groups excluding tert-OH is 1. The van der Waals surface area contributed by atoms with E-state index in [1.54, 1.807) is 0 Å².